The van der Waals surface area contributed by atoms with Gasteiger partial charge in [0.1, 0.15) is 0 Å². The van der Waals surface area contributed by atoms with Gasteiger partial charge in [0.2, 0.25) is 5.89 Å². The maximum absolute atomic E-state index is 12.7. The number of amides is 1. The predicted molar refractivity (Wildman–Crippen MR) is 78.2 cm³/mol. The van der Waals surface area contributed by atoms with Gasteiger partial charge in [-0.2, -0.15) is 4.98 Å². The van der Waals surface area contributed by atoms with Crippen molar-refractivity contribution >= 4 is 5.91 Å². The number of aryl methyl sites for hydroxylation is 3. The second-order valence-corrected chi connectivity index (χ2v) is 5.73. The van der Waals surface area contributed by atoms with Crippen molar-refractivity contribution in [3.63, 3.8) is 0 Å². The molecule has 3 rings (SSSR count). The second-order valence-electron chi connectivity index (χ2n) is 5.73. The monoisotopic (exact) mass is 285 g/mol. The summed E-state index contributed by atoms with van der Waals surface area (Å²) >= 11 is 0. The quantitative estimate of drug-likeness (QED) is 0.851. The Labute approximate surface area is 124 Å². The summed E-state index contributed by atoms with van der Waals surface area (Å²) in [6.07, 6.45) is 0.873. The summed E-state index contributed by atoms with van der Waals surface area (Å²) in [7, 11) is 0. The Morgan fingerprint density at radius 2 is 2.14 bits per heavy atom. The SMILES string of the molecule is Cc1ccc(C)c(C(=O)N2CC[C@H](c3nc(C)no3)C2)c1. The number of rotatable bonds is 2. The molecule has 0 N–H and O–H groups in total. The molecule has 5 nitrogen and oxygen atoms in total. The molecule has 21 heavy (non-hydrogen) atoms. The molecule has 2 aromatic rings. The van der Waals surface area contributed by atoms with Gasteiger partial charge in [-0.1, -0.05) is 22.9 Å². The number of hydrogen-bond donors (Lipinski definition) is 0. The largest absolute Gasteiger partial charge is 0.339 e. The van der Waals surface area contributed by atoms with Crippen LogP contribution < -0.4 is 0 Å². The Morgan fingerprint density at radius 1 is 1.33 bits per heavy atom. The number of benzene rings is 1. The smallest absolute Gasteiger partial charge is 0.254 e. The topological polar surface area (TPSA) is 59.2 Å². The average Bonchev–Trinajstić information content (AvgIpc) is 3.09. The van der Waals surface area contributed by atoms with Crippen LogP contribution in [0.1, 0.15) is 45.5 Å². The van der Waals surface area contributed by atoms with E-state index in [-0.39, 0.29) is 11.8 Å². The van der Waals surface area contributed by atoms with Crippen LogP contribution in [0, 0.1) is 20.8 Å². The first-order chi connectivity index (χ1) is 10.0. The van der Waals surface area contributed by atoms with Gasteiger partial charge in [0.25, 0.3) is 5.91 Å². The summed E-state index contributed by atoms with van der Waals surface area (Å²) in [5.41, 5.74) is 2.91. The molecule has 1 saturated heterocycles. The van der Waals surface area contributed by atoms with Crippen molar-refractivity contribution in [2.75, 3.05) is 13.1 Å². The molecular weight excluding hydrogens is 266 g/mol. The molecule has 110 valence electrons. The fourth-order valence-electron chi connectivity index (χ4n) is 2.76. The van der Waals surface area contributed by atoms with E-state index in [4.69, 9.17) is 4.52 Å². The van der Waals surface area contributed by atoms with E-state index in [2.05, 4.69) is 10.1 Å². The molecule has 1 fully saturated rings. The highest BCUT2D eigenvalue weighted by Gasteiger charge is 2.31. The van der Waals surface area contributed by atoms with Gasteiger partial charge >= 0.3 is 0 Å². The van der Waals surface area contributed by atoms with E-state index in [1.54, 1.807) is 6.92 Å². The van der Waals surface area contributed by atoms with E-state index in [1.165, 1.54) is 0 Å². The van der Waals surface area contributed by atoms with Gasteiger partial charge in [-0.3, -0.25) is 4.79 Å². The zero-order valence-corrected chi connectivity index (χ0v) is 12.6. The van der Waals surface area contributed by atoms with E-state index < -0.39 is 0 Å². The summed E-state index contributed by atoms with van der Waals surface area (Å²) in [4.78, 5) is 18.8. The normalized spacial score (nSPS) is 18.2. The van der Waals surface area contributed by atoms with Crippen molar-refractivity contribution in [3.8, 4) is 0 Å². The third kappa shape index (κ3) is 2.68. The number of hydrogen-bond acceptors (Lipinski definition) is 4. The summed E-state index contributed by atoms with van der Waals surface area (Å²) in [6, 6.07) is 5.99. The van der Waals surface area contributed by atoms with Crippen LogP contribution in [0.2, 0.25) is 0 Å². The lowest BCUT2D eigenvalue weighted by Crippen LogP contribution is -2.29. The van der Waals surface area contributed by atoms with Crippen LogP contribution in [0.3, 0.4) is 0 Å². The maximum Gasteiger partial charge on any atom is 0.254 e. The Kier molecular flexibility index (Phi) is 3.49. The first-order valence-corrected chi connectivity index (χ1v) is 7.21. The van der Waals surface area contributed by atoms with Crippen LogP contribution in [0.4, 0.5) is 0 Å². The van der Waals surface area contributed by atoms with Crippen LogP contribution in [0.5, 0.6) is 0 Å². The lowest BCUT2D eigenvalue weighted by molar-refractivity contribution is 0.0789. The Morgan fingerprint density at radius 3 is 2.86 bits per heavy atom. The van der Waals surface area contributed by atoms with Gasteiger partial charge in [-0.05, 0) is 38.8 Å². The minimum absolute atomic E-state index is 0.0925. The molecule has 1 aliphatic heterocycles. The van der Waals surface area contributed by atoms with Gasteiger partial charge in [-0.25, -0.2) is 0 Å². The molecule has 5 heteroatoms. The van der Waals surface area contributed by atoms with Gasteiger partial charge in [0.05, 0.1) is 5.92 Å². The van der Waals surface area contributed by atoms with E-state index in [9.17, 15) is 4.79 Å². The number of aromatic nitrogens is 2. The van der Waals surface area contributed by atoms with Crippen LogP contribution in [0.25, 0.3) is 0 Å². The lowest BCUT2D eigenvalue weighted by Gasteiger charge is -2.17. The molecule has 0 aliphatic carbocycles. The predicted octanol–water partition coefficient (Wildman–Crippen LogP) is 2.62. The lowest BCUT2D eigenvalue weighted by atomic mass is 10.0. The average molecular weight is 285 g/mol. The van der Waals surface area contributed by atoms with E-state index in [1.807, 2.05) is 36.9 Å². The van der Waals surface area contributed by atoms with Crippen molar-refractivity contribution in [2.45, 2.75) is 33.1 Å². The fourth-order valence-corrected chi connectivity index (χ4v) is 2.76. The zero-order chi connectivity index (χ0) is 15.0. The van der Waals surface area contributed by atoms with E-state index in [0.717, 1.165) is 29.7 Å². The molecule has 1 aromatic heterocycles. The molecule has 1 aliphatic rings. The number of likely N-dealkylation sites (tertiary alicyclic amines) is 1. The Bertz CT molecular complexity index is 678. The van der Waals surface area contributed by atoms with Crippen LogP contribution >= 0.6 is 0 Å². The van der Waals surface area contributed by atoms with Crippen molar-refractivity contribution in [2.24, 2.45) is 0 Å². The van der Waals surface area contributed by atoms with Crippen LogP contribution in [-0.2, 0) is 0 Å². The maximum atomic E-state index is 12.7. The number of carbonyl (C=O) groups is 1. The third-order valence-corrected chi connectivity index (χ3v) is 3.99. The van der Waals surface area contributed by atoms with E-state index >= 15 is 0 Å². The first-order valence-electron chi connectivity index (χ1n) is 7.21. The highest BCUT2D eigenvalue weighted by Crippen LogP contribution is 2.27. The minimum atomic E-state index is 0.0925. The van der Waals surface area contributed by atoms with Crippen molar-refractivity contribution in [1.82, 2.24) is 15.0 Å². The summed E-state index contributed by atoms with van der Waals surface area (Å²) in [5, 5.41) is 3.83. The van der Waals surface area contributed by atoms with E-state index in [0.29, 0.717) is 18.3 Å². The summed E-state index contributed by atoms with van der Waals surface area (Å²) in [5.74, 6) is 1.53. The Balaban J connectivity index is 1.76. The third-order valence-electron chi connectivity index (χ3n) is 3.99. The molecule has 1 atom stereocenters. The highest BCUT2D eigenvalue weighted by molar-refractivity contribution is 5.96. The van der Waals surface area contributed by atoms with Crippen LogP contribution in [-0.4, -0.2) is 34.0 Å². The molecule has 0 saturated carbocycles. The van der Waals surface area contributed by atoms with Gasteiger partial charge in [-0.15, -0.1) is 0 Å². The van der Waals surface area contributed by atoms with Crippen molar-refractivity contribution in [3.05, 3.63) is 46.6 Å². The minimum Gasteiger partial charge on any atom is -0.339 e. The molecule has 0 spiro atoms. The molecule has 0 radical (unpaired) electrons. The Hall–Kier alpha value is -2.17. The van der Waals surface area contributed by atoms with Crippen molar-refractivity contribution < 1.29 is 9.32 Å². The van der Waals surface area contributed by atoms with Gasteiger partial charge in [0.15, 0.2) is 5.82 Å². The molecule has 1 amide bonds. The number of carbonyl (C=O) groups excluding carboxylic acids is 1. The molecule has 0 unspecified atom stereocenters. The zero-order valence-electron chi connectivity index (χ0n) is 12.6. The van der Waals surface area contributed by atoms with Crippen molar-refractivity contribution in [1.29, 1.82) is 0 Å². The molecule has 2 heterocycles. The second kappa shape index (κ2) is 5.31. The summed E-state index contributed by atoms with van der Waals surface area (Å²) in [6.45, 7) is 7.17. The summed E-state index contributed by atoms with van der Waals surface area (Å²) < 4.78 is 5.23. The van der Waals surface area contributed by atoms with Crippen LogP contribution in [0.15, 0.2) is 22.7 Å². The molecule has 0 bridgehead atoms. The highest BCUT2D eigenvalue weighted by atomic mass is 16.5. The van der Waals surface area contributed by atoms with Gasteiger partial charge < -0.3 is 9.42 Å². The molecular formula is C16H19N3O2. The standard InChI is InChI=1S/C16H19N3O2/c1-10-4-5-11(2)14(8-10)16(20)19-7-6-13(9-19)15-17-12(3)18-21-15/h4-5,8,13H,6-7,9H2,1-3H3/t13-/m0/s1. The number of nitrogens with zero attached hydrogens (tertiary/aromatic N) is 3. The fraction of sp³-hybridized carbons (Fsp3) is 0.438. The first kappa shape index (κ1) is 13.8. The molecule has 1 aromatic carbocycles. The van der Waals surface area contributed by atoms with Gasteiger partial charge in [0, 0.05) is 18.7 Å².